The fraction of sp³-hybridized carbons (Fsp3) is 0.429. The lowest BCUT2D eigenvalue weighted by atomic mass is 9.81. The number of carbonyl (C=O) groups excluding carboxylic acids is 2. The largest absolute Gasteiger partial charge is 0.397 e. The van der Waals surface area contributed by atoms with Crippen molar-refractivity contribution in [2.75, 3.05) is 10.6 Å². The zero-order valence-corrected chi connectivity index (χ0v) is 10.4. The maximum atomic E-state index is 13.1. The van der Waals surface area contributed by atoms with E-state index in [0.29, 0.717) is 5.69 Å². The van der Waals surface area contributed by atoms with Crippen molar-refractivity contribution < 1.29 is 14.0 Å². The lowest BCUT2D eigenvalue weighted by Crippen LogP contribution is -2.31. The molecule has 19 heavy (non-hydrogen) atoms. The smallest absolute Gasteiger partial charge is 0.237 e. The Bertz CT molecular complexity index is 534. The molecule has 4 nitrogen and oxygen atoms in total. The maximum Gasteiger partial charge on any atom is 0.237 e. The Balaban J connectivity index is 2.00. The topological polar surface area (TPSA) is 63.4 Å². The van der Waals surface area contributed by atoms with E-state index in [1.165, 1.54) is 12.1 Å². The summed E-state index contributed by atoms with van der Waals surface area (Å²) in [6.45, 7) is 0. The van der Waals surface area contributed by atoms with Crippen molar-refractivity contribution in [2.24, 2.45) is 11.8 Å². The van der Waals surface area contributed by atoms with Gasteiger partial charge in [-0.05, 0) is 31.0 Å². The first-order chi connectivity index (χ1) is 9.09. The number of imide groups is 1. The molecule has 2 aliphatic rings. The van der Waals surface area contributed by atoms with Crippen molar-refractivity contribution >= 4 is 23.2 Å². The van der Waals surface area contributed by atoms with E-state index in [2.05, 4.69) is 0 Å². The Kier molecular flexibility index (Phi) is 2.77. The minimum Gasteiger partial charge on any atom is -0.397 e. The third-order valence-corrected chi connectivity index (χ3v) is 4.07. The van der Waals surface area contributed by atoms with Gasteiger partial charge in [-0.25, -0.2) is 9.29 Å². The van der Waals surface area contributed by atoms with Crippen molar-refractivity contribution in [1.82, 2.24) is 0 Å². The molecule has 1 aliphatic carbocycles. The fourth-order valence-electron chi connectivity index (χ4n) is 3.13. The van der Waals surface area contributed by atoms with Crippen molar-refractivity contribution in [3.05, 3.63) is 24.0 Å². The summed E-state index contributed by atoms with van der Waals surface area (Å²) in [6.07, 6.45) is 3.47. The van der Waals surface area contributed by atoms with Crippen molar-refractivity contribution in [3.63, 3.8) is 0 Å². The van der Waals surface area contributed by atoms with Crippen LogP contribution in [0.15, 0.2) is 18.2 Å². The van der Waals surface area contributed by atoms with Gasteiger partial charge in [-0.15, -0.1) is 0 Å². The van der Waals surface area contributed by atoms with E-state index in [0.717, 1.165) is 36.6 Å². The molecule has 0 bridgehead atoms. The van der Waals surface area contributed by atoms with Gasteiger partial charge in [-0.3, -0.25) is 9.59 Å². The van der Waals surface area contributed by atoms with Crippen LogP contribution in [-0.2, 0) is 9.59 Å². The number of nitrogens with two attached hydrogens (primary N) is 1. The van der Waals surface area contributed by atoms with Crippen LogP contribution in [0.1, 0.15) is 25.7 Å². The SMILES string of the molecule is Nc1cc(F)ccc1N1C(=O)[C@H]2CCCC[C@H]2C1=O. The number of rotatable bonds is 1. The molecule has 1 saturated heterocycles. The van der Waals surface area contributed by atoms with Crippen LogP contribution in [0.5, 0.6) is 0 Å². The molecule has 1 aromatic rings. The Morgan fingerprint density at radius 1 is 1.11 bits per heavy atom. The molecule has 100 valence electrons. The molecule has 1 heterocycles. The second-order valence-corrected chi connectivity index (χ2v) is 5.21. The summed E-state index contributed by atoms with van der Waals surface area (Å²) in [6, 6.07) is 3.75. The molecule has 2 atom stereocenters. The molecule has 2 amide bonds. The van der Waals surface area contributed by atoms with Gasteiger partial charge in [0.25, 0.3) is 0 Å². The summed E-state index contributed by atoms with van der Waals surface area (Å²) in [5, 5.41) is 0. The van der Waals surface area contributed by atoms with Gasteiger partial charge in [0.2, 0.25) is 11.8 Å². The molecular formula is C14H15FN2O2. The van der Waals surface area contributed by atoms with Gasteiger partial charge in [-0.2, -0.15) is 0 Å². The number of halogens is 1. The molecule has 0 unspecified atom stereocenters. The van der Waals surface area contributed by atoms with Gasteiger partial charge in [0, 0.05) is 0 Å². The number of hydrogen-bond acceptors (Lipinski definition) is 3. The van der Waals surface area contributed by atoms with Gasteiger partial charge >= 0.3 is 0 Å². The molecule has 0 radical (unpaired) electrons. The normalized spacial score (nSPS) is 26.7. The van der Waals surface area contributed by atoms with E-state index in [1.807, 2.05) is 0 Å². The summed E-state index contributed by atoms with van der Waals surface area (Å²) in [5.41, 5.74) is 6.17. The van der Waals surface area contributed by atoms with E-state index >= 15 is 0 Å². The summed E-state index contributed by atoms with van der Waals surface area (Å²) < 4.78 is 13.1. The number of anilines is 2. The minimum atomic E-state index is -0.474. The van der Waals surface area contributed by atoms with Crippen LogP contribution in [0, 0.1) is 17.7 Å². The zero-order valence-electron chi connectivity index (χ0n) is 10.4. The van der Waals surface area contributed by atoms with E-state index in [-0.39, 0.29) is 29.3 Å². The van der Waals surface area contributed by atoms with Gasteiger partial charge in [-0.1, -0.05) is 12.8 Å². The van der Waals surface area contributed by atoms with Crippen molar-refractivity contribution in [1.29, 1.82) is 0 Å². The lowest BCUT2D eigenvalue weighted by Gasteiger charge is -2.19. The fourth-order valence-corrected chi connectivity index (χ4v) is 3.13. The van der Waals surface area contributed by atoms with Crippen LogP contribution >= 0.6 is 0 Å². The molecule has 0 spiro atoms. The minimum absolute atomic E-state index is 0.125. The molecule has 5 heteroatoms. The second kappa shape index (κ2) is 4.33. The summed E-state index contributed by atoms with van der Waals surface area (Å²) >= 11 is 0. The van der Waals surface area contributed by atoms with Crippen LogP contribution in [0.3, 0.4) is 0 Å². The summed E-state index contributed by atoms with van der Waals surface area (Å²) in [7, 11) is 0. The number of nitrogens with zero attached hydrogens (tertiary/aromatic N) is 1. The third kappa shape index (κ3) is 1.80. The van der Waals surface area contributed by atoms with E-state index in [4.69, 9.17) is 5.73 Å². The predicted molar refractivity (Wildman–Crippen MR) is 68.8 cm³/mol. The number of nitrogen functional groups attached to an aromatic ring is 1. The highest BCUT2D eigenvalue weighted by Gasteiger charge is 2.49. The number of amides is 2. The first kappa shape index (κ1) is 12.1. The predicted octanol–water partition coefficient (Wildman–Crippen LogP) is 2.09. The first-order valence-electron chi connectivity index (χ1n) is 6.52. The van der Waals surface area contributed by atoms with Crippen LogP contribution < -0.4 is 10.6 Å². The van der Waals surface area contributed by atoms with Crippen LogP contribution in [0.25, 0.3) is 0 Å². The van der Waals surface area contributed by atoms with Crippen molar-refractivity contribution in [3.8, 4) is 0 Å². The Morgan fingerprint density at radius 2 is 1.68 bits per heavy atom. The highest BCUT2D eigenvalue weighted by Crippen LogP contribution is 2.41. The van der Waals surface area contributed by atoms with E-state index in [9.17, 15) is 14.0 Å². The number of fused-ring (bicyclic) bond motifs is 1. The number of benzene rings is 1. The van der Waals surface area contributed by atoms with Gasteiger partial charge in [0.05, 0.1) is 23.2 Å². The Morgan fingerprint density at radius 3 is 2.21 bits per heavy atom. The van der Waals surface area contributed by atoms with Crippen LogP contribution in [-0.4, -0.2) is 11.8 Å². The molecule has 1 aliphatic heterocycles. The quantitative estimate of drug-likeness (QED) is 0.622. The van der Waals surface area contributed by atoms with Crippen molar-refractivity contribution in [2.45, 2.75) is 25.7 Å². The van der Waals surface area contributed by atoms with E-state index < -0.39 is 5.82 Å². The number of hydrogen-bond donors (Lipinski definition) is 1. The molecule has 1 aromatic carbocycles. The average molecular weight is 262 g/mol. The van der Waals surface area contributed by atoms with Crippen LogP contribution in [0.4, 0.5) is 15.8 Å². The van der Waals surface area contributed by atoms with Gasteiger partial charge in [0.1, 0.15) is 5.82 Å². The van der Waals surface area contributed by atoms with Gasteiger partial charge in [0.15, 0.2) is 0 Å². The van der Waals surface area contributed by atoms with Crippen LogP contribution in [0.2, 0.25) is 0 Å². The second-order valence-electron chi connectivity index (χ2n) is 5.21. The zero-order chi connectivity index (χ0) is 13.6. The first-order valence-corrected chi connectivity index (χ1v) is 6.52. The van der Waals surface area contributed by atoms with Gasteiger partial charge < -0.3 is 5.73 Å². The highest BCUT2D eigenvalue weighted by molar-refractivity contribution is 6.23. The Labute approximate surface area is 110 Å². The lowest BCUT2D eigenvalue weighted by molar-refractivity contribution is -0.122. The molecule has 2 fully saturated rings. The maximum absolute atomic E-state index is 13.1. The third-order valence-electron chi connectivity index (χ3n) is 4.07. The standard InChI is InChI=1S/C14H15FN2O2/c15-8-5-6-12(11(16)7-8)17-13(18)9-3-1-2-4-10(9)14(17)19/h5-7,9-10H,1-4,16H2/t9-,10+. The average Bonchev–Trinajstić information content (AvgIpc) is 2.64. The molecule has 1 saturated carbocycles. The summed E-state index contributed by atoms with van der Waals surface area (Å²) in [4.78, 5) is 25.8. The number of carbonyl (C=O) groups is 2. The monoisotopic (exact) mass is 262 g/mol. The molecule has 2 N–H and O–H groups in total. The molecule has 0 aromatic heterocycles. The van der Waals surface area contributed by atoms with E-state index in [1.54, 1.807) is 0 Å². The highest BCUT2D eigenvalue weighted by atomic mass is 19.1. The Hall–Kier alpha value is -1.91. The molecule has 3 rings (SSSR count). The summed E-state index contributed by atoms with van der Waals surface area (Å²) in [5.74, 6) is -1.28. The molecular weight excluding hydrogens is 247 g/mol.